The maximum atomic E-state index is 10.0. The maximum Gasteiger partial charge on any atom is 0.0636 e. The Morgan fingerprint density at radius 3 is 2.53 bits per heavy atom. The van der Waals surface area contributed by atoms with Crippen LogP contribution in [0.25, 0.3) is 0 Å². The van der Waals surface area contributed by atoms with Crippen molar-refractivity contribution in [2.24, 2.45) is 5.92 Å². The van der Waals surface area contributed by atoms with Crippen molar-refractivity contribution in [3.05, 3.63) is 29.8 Å². The minimum absolute atomic E-state index is 0.135. The molecule has 1 fully saturated rings. The summed E-state index contributed by atoms with van der Waals surface area (Å²) in [4.78, 5) is 1.26. The number of rotatable bonds is 5. The summed E-state index contributed by atoms with van der Waals surface area (Å²) in [5.41, 5.74) is 1.29. The molecule has 0 amide bonds. The van der Waals surface area contributed by atoms with E-state index in [2.05, 4.69) is 31.2 Å². The normalized spacial score (nSPS) is 18.5. The quantitative estimate of drug-likeness (QED) is 0.796. The van der Waals surface area contributed by atoms with Crippen LogP contribution in [0.5, 0.6) is 0 Å². The predicted molar refractivity (Wildman–Crippen MR) is 74.5 cm³/mol. The second-order valence-electron chi connectivity index (χ2n) is 5.16. The van der Waals surface area contributed by atoms with E-state index in [1.807, 2.05) is 0 Å². The van der Waals surface area contributed by atoms with Crippen LogP contribution < -0.4 is 0 Å². The Morgan fingerprint density at radius 2 is 1.88 bits per heavy atom. The minimum Gasteiger partial charge on any atom is -0.392 e. The van der Waals surface area contributed by atoms with Crippen LogP contribution in [0.4, 0.5) is 0 Å². The van der Waals surface area contributed by atoms with Gasteiger partial charge in [-0.3, -0.25) is 0 Å². The van der Waals surface area contributed by atoms with E-state index in [-0.39, 0.29) is 6.10 Å². The highest BCUT2D eigenvalue weighted by molar-refractivity contribution is 7.99. The summed E-state index contributed by atoms with van der Waals surface area (Å²) in [5, 5.41) is 10.0. The smallest absolute Gasteiger partial charge is 0.0636 e. The van der Waals surface area contributed by atoms with E-state index in [9.17, 15) is 5.11 Å². The summed E-state index contributed by atoms with van der Waals surface area (Å²) in [5.74, 6) is 1.61. The summed E-state index contributed by atoms with van der Waals surface area (Å²) < 4.78 is 0. The van der Waals surface area contributed by atoms with E-state index >= 15 is 0 Å². The first-order chi connectivity index (χ1) is 8.24. The molecule has 17 heavy (non-hydrogen) atoms. The molecule has 1 aliphatic carbocycles. The Morgan fingerprint density at radius 1 is 1.24 bits per heavy atom. The lowest BCUT2D eigenvalue weighted by atomic mass is 10.0. The molecule has 0 heterocycles. The van der Waals surface area contributed by atoms with Gasteiger partial charge >= 0.3 is 0 Å². The molecule has 1 aromatic carbocycles. The molecule has 1 aromatic rings. The summed E-state index contributed by atoms with van der Waals surface area (Å²) in [6.07, 6.45) is 6.24. The first-order valence-electron chi connectivity index (χ1n) is 6.61. The number of hydrogen-bond acceptors (Lipinski definition) is 2. The summed E-state index contributed by atoms with van der Waals surface area (Å²) in [6.45, 7) is 2.10. The number of benzene rings is 1. The molecule has 1 unspecified atom stereocenters. The molecule has 0 spiro atoms. The minimum atomic E-state index is -0.135. The second-order valence-corrected chi connectivity index (χ2v) is 6.26. The third kappa shape index (κ3) is 4.36. The molecule has 1 saturated carbocycles. The van der Waals surface area contributed by atoms with Crippen molar-refractivity contribution >= 4 is 11.8 Å². The standard InChI is InChI=1S/C15H22OS/c1-12-6-8-15(9-7-12)17-11-14(16)10-13-4-2-3-5-13/h6-9,13-14,16H,2-5,10-11H2,1H3. The van der Waals surface area contributed by atoms with E-state index in [0.29, 0.717) is 0 Å². The Kier molecular flexibility index (Phi) is 4.93. The molecule has 1 atom stereocenters. The Labute approximate surface area is 109 Å². The SMILES string of the molecule is Cc1ccc(SCC(O)CC2CCCC2)cc1. The fraction of sp³-hybridized carbons (Fsp3) is 0.600. The monoisotopic (exact) mass is 250 g/mol. The van der Waals surface area contributed by atoms with Crippen LogP contribution >= 0.6 is 11.8 Å². The van der Waals surface area contributed by atoms with Gasteiger partial charge in [-0.2, -0.15) is 0 Å². The van der Waals surface area contributed by atoms with Gasteiger partial charge in [0.2, 0.25) is 0 Å². The van der Waals surface area contributed by atoms with Gasteiger partial charge in [0, 0.05) is 10.6 Å². The average molecular weight is 250 g/mol. The zero-order valence-corrected chi connectivity index (χ0v) is 11.4. The highest BCUT2D eigenvalue weighted by Gasteiger charge is 2.18. The summed E-state index contributed by atoms with van der Waals surface area (Å²) >= 11 is 1.77. The first kappa shape index (κ1) is 13.0. The fourth-order valence-corrected chi connectivity index (χ4v) is 3.38. The third-order valence-corrected chi connectivity index (χ3v) is 4.70. The van der Waals surface area contributed by atoms with Gasteiger partial charge in [0.15, 0.2) is 0 Å². The van der Waals surface area contributed by atoms with Gasteiger partial charge in [0.05, 0.1) is 6.10 Å². The number of aliphatic hydroxyl groups excluding tert-OH is 1. The van der Waals surface area contributed by atoms with E-state index < -0.39 is 0 Å². The van der Waals surface area contributed by atoms with Gasteiger partial charge in [0.25, 0.3) is 0 Å². The average Bonchev–Trinajstić information content (AvgIpc) is 2.81. The lowest BCUT2D eigenvalue weighted by molar-refractivity contribution is 0.166. The molecule has 2 heteroatoms. The van der Waals surface area contributed by atoms with Gasteiger partial charge in [-0.25, -0.2) is 0 Å². The molecule has 0 radical (unpaired) electrons. The topological polar surface area (TPSA) is 20.2 Å². The first-order valence-corrected chi connectivity index (χ1v) is 7.60. The third-order valence-electron chi connectivity index (χ3n) is 3.54. The Balaban J connectivity index is 1.71. The predicted octanol–water partition coefficient (Wildman–Crippen LogP) is 4.03. The van der Waals surface area contributed by atoms with Crippen molar-refractivity contribution in [3.8, 4) is 0 Å². The van der Waals surface area contributed by atoms with E-state index in [1.165, 1.54) is 36.1 Å². The van der Waals surface area contributed by atoms with Gasteiger partial charge in [-0.15, -0.1) is 11.8 Å². The lowest BCUT2D eigenvalue weighted by Crippen LogP contribution is -2.14. The van der Waals surface area contributed by atoms with Crippen LogP contribution in [0.1, 0.15) is 37.7 Å². The molecule has 2 rings (SSSR count). The van der Waals surface area contributed by atoms with Crippen LogP contribution in [0.15, 0.2) is 29.2 Å². The van der Waals surface area contributed by atoms with Crippen LogP contribution in [-0.4, -0.2) is 17.0 Å². The number of aliphatic hydroxyl groups is 1. The molecule has 0 saturated heterocycles. The van der Waals surface area contributed by atoms with Crippen LogP contribution in [0.3, 0.4) is 0 Å². The van der Waals surface area contributed by atoms with Crippen molar-refractivity contribution in [3.63, 3.8) is 0 Å². The van der Waals surface area contributed by atoms with Gasteiger partial charge < -0.3 is 5.11 Å². The molecular weight excluding hydrogens is 228 g/mol. The van der Waals surface area contributed by atoms with Crippen molar-refractivity contribution in [2.75, 3.05) is 5.75 Å². The fourth-order valence-electron chi connectivity index (χ4n) is 2.53. The molecule has 1 N–H and O–H groups in total. The molecule has 0 bridgehead atoms. The van der Waals surface area contributed by atoms with Crippen LogP contribution in [0, 0.1) is 12.8 Å². The summed E-state index contributed by atoms with van der Waals surface area (Å²) in [7, 11) is 0. The largest absolute Gasteiger partial charge is 0.392 e. The van der Waals surface area contributed by atoms with Gasteiger partial charge in [-0.05, 0) is 31.4 Å². The van der Waals surface area contributed by atoms with Crippen LogP contribution in [-0.2, 0) is 0 Å². The zero-order chi connectivity index (χ0) is 12.1. The number of aryl methyl sites for hydroxylation is 1. The summed E-state index contributed by atoms with van der Waals surface area (Å²) in [6, 6.07) is 8.54. The molecule has 1 aliphatic rings. The molecular formula is C15H22OS. The molecule has 0 aliphatic heterocycles. The number of hydrogen-bond donors (Lipinski definition) is 1. The van der Waals surface area contributed by atoms with E-state index in [4.69, 9.17) is 0 Å². The molecule has 94 valence electrons. The van der Waals surface area contributed by atoms with E-state index in [1.54, 1.807) is 11.8 Å². The van der Waals surface area contributed by atoms with Crippen LogP contribution in [0.2, 0.25) is 0 Å². The van der Waals surface area contributed by atoms with Crippen molar-refractivity contribution < 1.29 is 5.11 Å². The van der Waals surface area contributed by atoms with Crippen molar-refractivity contribution in [2.45, 2.75) is 50.0 Å². The van der Waals surface area contributed by atoms with Gasteiger partial charge in [-0.1, -0.05) is 43.4 Å². The zero-order valence-electron chi connectivity index (χ0n) is 10.6. The Hall–Kier alpha value is -0.470. The molecule has 1 nitrogen and oxygen atoms in total. The van der Waals surface area contributed by atoms with Gasteiger partial charge in [0.1, 0.15) is 0 Å². The van der Waals surface area contributed by atoms with Crippen molar-refractivity contribution in [1.29, 1.82) is 0 Å². The highest BCUT2D eigenvalue weighted by Crippen LogP contribution is 2.30. The molecule has 0 aromatic heterocycles. The Bertz CT molecular complexity index is 327. The lowest BCUT2D eigenvalue weighted by Gasteiger charge is -2.14. The number of thioether (sulfide) groups is 1. The maximum absolute atomic E-state index is 10.0. The second kappa shape index (κ2) is 6.46. The van der Waals surface area contributed by atoms with Crippen molar-refractivity contribution in [1.82, 2.24) is 0 Å². The highest BCUT2D eigenvalue weighted by atomic mass is 32.2. The van der Waals surface area contributed by atoms with E-state index in [0.717, 1.165) is 18.1 Å².